The van der Waals surface area contributed by atoms with Gasteiger partial charge in [0, 0.05) is 0 Å². The van der Waals surface area contributed by atoms with Crippen LogP contribution in [0.15, 0.2) is 0 Å². The van der Waals surface area contributed by atoms with E-state index in [9.17, 15) is 25.2 Å². The van der Waals surface area contributed by atoms with Crippen LogP contribution in [-0.4, -0.2) is 57.3 Å². The molecule has 0 aromatic rings. The summed E-state index contributed by atoms with van der Waals surface area (Å²) in [6.45, 7) is 4.01. The van der Waals surface area contributed by atoms with Crippen molar-refractivity contribution >= 4 is 5.91 Å². The number of nitrogens with one attached hydrogen (secondary N) is 1. The minimum Gasteiger partial charge on any atom is -0.394 e. The Hall–Kier alpha value is -0.690. The molecule has 0 aliphatic rings. The Kier molecular flexibility index (Phi) is 29.3. The Morgan fingerprint density at radius 3 is 1.20 bits per heavy atom. The van der Waals surface area contributed by atoms with Gasteiger partial charge < -0.3 is 25.7 Å². The molecule has 0 aliphatic carbocycles. The highest BCUT2D eigenvalue weighted by Gasteiger charge is 2.28. The largest absolute Gasteiger partial charge is 0.394 e. The van der Waals surface area contributed by atoms with Crippen LogP contribution in [0.3, 0.4) is 0 Å². The number of hydrogen-bond acceptors (Lipinski definition) is 5. The molecule has 0 aliphatic heterocycles. The molecular formula is C34H69NO5. The highest BCUT2D eigenvalue weighted by Crippen LogP contribution is 2.16. The lowest BCUT2D eigenvalue weighted by atomic mass is 9.99. The second kappa shape index (κ2) is 29.8. The average molecular weight is 572 g/mol. The smallest absolute Gasteiger partial charge is 0.249 e. The number of unbranched alkanes of at least 4 members (excludes halogenated alkanes) is 22. The van der Waals surface area contributed by atoms with Crippen LogP contribution in [0, 0.1) is 0 Å². The molecule has 0 heterocycles. The van der Waals surface area contributed by atoms with Crippen LogP contribution in [0.2, 0.25) is 0 Å². The summed E-state index contributed by atoms with van der Waals surface area (Å²) in [7, 11) is 0. The Morgan fingerprint density at radius 1 is 0.525 bits per heavy atom. The monoisotopic (exact) mass is 572 g/mol. The minimum absolute atomic E-state index is 0.373. The van der Waals surface area contributed by atoms with Gasteiger partial charge in [0.15, 0.2) is 0 Å². The summed E-state index contributed by atoms with van der Waals surface area (Å²) >= 11 is 0. The van der Waals surface area contributed by atoms with E-state index in [-0.39, 0.29) is 0 Å². The number of rotatable bonds is 31. The lowest BCUT2D eigenvalue weighted by Gasteiger charge is -2.27. The van der Waals surface area contributed by atoms with Crippen molar-refractivity contribution in [3.05, 3.63) is 0 Å². The van der Waals surface area contributed by atoms with Crippen molar-refractivity contribution in [2.24, 2.45) is 0 Å². The Labute approximate surface area is 248 Å². The number of aliphatic hydroxyl groups excluding tert-OH is 4. The molecule has 0 aromatic carbocycles. The van der Waals surface area contributed by atoms with Crippen LogP contribution in [-0.2, 0) is 4.79 Å². The zero-order valence-corrected chi connectivity index (χ0v) is 26.6. The third-order valence-corrected chi connectivity index (χ3v) is 8.32. The number of amides is 1. The van der Waals surface area contributed by atoms with Crippen LogP contribution >= 0.6 is 0 Å². The van der Waals surface area contributed by atoms with Gasteiger partial charge in [-0.3, -0.25) is 4.79 Å². The Balaban J connectivity index is 3.82. The highest BCUT2D eigenvalue weighted by atomic mass is 16.3. The summed E-state index contributed by atoms with van der Waals surface area (Å²) in [5, 5.41) is 43.3. The first-order valence-electron chi connectivity index (χ1n) is 17.4. The van der Waals surface area contributed by atoms with E-state index in [1.165, 1.54) is 116 Å². The first-order valence-corrected chi connectivity index (χ1v) is 17.4. The molecule has 0 bridgehead atoms. The average Bonchev–Trinajstić information content (AvgIpc) is 2.96. The van der Waals surface area contributed by atoms with Gasteiger partial charge in [0.2, 0.25) is 5.91 Å². The topological polar surface area (TPSA) is 110 Å². The van der Waals surface area contributed by atoms with E-state index >= 15 is 0 Å². The van der Waals surface area contributed by atoms with Crippen molar-refractivity contribution in [3.63, 3.8) is 0 Å². The van der Waals surface area contributed by atoms with Crippen molar-refractivity contribution in [2.45, 2.75) is 205 Å². The van der Waals surface area contributed by atoms with Gasteiger partial charge in [0.25, 0.3) is 0 Å². The van der Waals surface area contributed by atoms with E-state index in [0.29, 0.717) is 12.8 Å². The first kappa shape index (κ1) is 39.3. The SMILES string of the molecule is CCCCCCCCCCCCCCCCC(O)C(O)C(CO)NC(=O)C(O)CCCCCCCCCCCC. The molecule has 0 rings (SSSR count). The third-order valence-electron chi connectivity index (χ3n) is 8.32. The van der Waals surface area contributed by atoms with E-state index in [1.807, 2.05) is 0 Å². The van der Waals surface area contributed by atoms with E-state index in [4.69, 9.17) is 0 Å². The van der Waals surface area contributed by atoms with Crippen molar-refractivity contribution < 1.29 is 25.2 Å². The molecule has 40 heavy (non-hydrogen) atoms. The van der Waals surface area contributed by atoms with Crippen molar-refractivity contribution in [2.75, 3.05) is 6.61 Å². The van der Waals surface area contributed by atoms with Crippen molar-refractivity contribution in [3.8, 4) is 0 Å². The van der Waals surface area contributed by atoms with Crippen molar-refractivity contribution in [1.82, 2.24) is 5.32 Å². The molecule has 4 atom stereocenters. The van der Waals surface area contributed by atoms with Crippen LogP contribution < -0.4 is 5.32 Å². The quantitative estimate of drug-likeness (QED) is 0.0547. The van der Waals surface area contributed by atoms with E-state index < -0.39 is 36.9 Å². The molecule has 1 amide bonds. The molecule has 4 unspecified atom stereocenters. The van der Waals surface area contributed by atoms with Gasteiger partial charge in [-0.1, -0.05) is 168 Å². The number of carbonyl (C=O) groups excluding carboxylic acids is 1. The number of carbonyl (C=O) groups is 1. The number of aliphatic hydroxyl groups is 4. The summed E-state index contributed by atoms with van der Waals surface area (Å²) in [6.07, 6.45) is 26.9. The lowest BCUT2D eigenvalue weighted by Crippen LogP contribution is -2.53. The molecule has 0 saturated heterocycles. The zero-order valence-electron chi connectivity index (χ0n) is 26.6. The van der Waals surface area contributed by atoms with Crippen molar-refractivity contribution in [1.29, 1.82) is 0 Å². The van der Waals surface area contributed by atoms with Gasteiger partial charge in [-0.05, 0) is 12.8 Å². The maximum absolute atomic E-state index is 12.4. The minimum atomic E-state index is -1.25. The zero-order chi connectivity index (χ0) is 29.7. The molecule has 240 valence electrons. The Morgan fingerprint density at radius 2 is 0.850 bits per heavy atom. The number of hydrogen-bond donors (Lipinski definition) is 5. The summed E-state index contributed by atoms with van der Waals surface area (Å²) in [5.74, 6) is -0.585. The predicted molar refractivity (Wildman–Crippen MR) is 168 cm³/mol. The predicted octanol–water partition coefficient (Wildman–Crippen LogP) is 7.73. The van der Waals surface area contributed by atoms with Crippen LogP contribution in [0.1, 0.15) is 181 Å². The van der Waals surface area contributed by atoms with Gasteiger partial charge in [-0.15, -0.1) is 0 Å². The highest BCUT2D eigenvalue weighted by molar-refractivity contribution is 5.80. The fourth-order valence-corrected chi connectivity index (χ4v) is 5.46. The molecule has 6 nitrogen and oxygen atoms in total. The summed E-state index contributed by atoms with van der Waals surface area (Å²) in [5.41, 5.74) is 0. The first-order chi connectivity index (χ1) is 19.5. The molecule has 0 radical (unpaired) electrons. The normalized spacial score (nSPS) is 14.7. The molecule has 0 saturated carbocycles. The summed E-state index contributed by atoms with van der Waals surface area (Å²) in [6, 6.07) is -0.975. The molecule has 0 aromatic heterocycles. The van der Waals surface area contributed by atoms with Gasteiger partial charge in [0.05, 0.1) is 18.8 Å². The maximum Gasteiger partial charge on any atom is 0.249 e. The second-order valence-electron chi connectivity index (χ2n) is 12.2. The fraction of sp³-hybridized carbons (Fsp3) is 0.971. The third kappa shape index (κ3) is 24.0. The second-order valence-corrected chi connectivity index (χ2v) is 12.2. The van der Waals surface area contributed by atoms with Crippen LogP contribution in [0.4, 0.5) is 0 Å². The van der Waals surface area contributed by atoms with Crippen LogP contribution in [0.5, 0.6) is 0 Å². The lowest BCUT2D eigenvalue weighted by molar-refractivity contribution is -0.132. The van der Waals surface area contributed by atoms with Gasteiger partial charge in [-0.2, -0.15) is 0 Å². The van der Waals surface area contributed by atoms with E-state index in [1.54, 1.807) is 0 Å². The van der Waals surface area contributed by atoms with Gasteiger partial charge in [-0.25, -0.2) is 0 Å². The summed E-state index contributed by atoms with van der Waals surface area (Å²) < 4.78 is 0. The molecule has 6 heteroatoms. The standard InChI is InChI=1S/C34H69NO5/c1-3-5-7-9-11-13-15-16-17-18-20-21-23-25-27-31(37)33(39)30(29-36)35-34(40)32(38)28-26-24-22-19-14-12-10-8-6-4-2/h30-33,36-39H,3-29H2,1-2H3,(H,35,40). The maximum atomic E-state index is 12.4. The summed E-state index contributed by atoms with van der Waals surface area (Å²) in [4.78, 5) is 12.4. The Bertz CT molecular complexity index is 532. The van der Waals surface area contributed by atoms with Gasteiger partial charge >= 0.3 is 0 Å². The molecule has 0 fully saturated rings. The molecule has 0 spiro atoms. The van der Waals surface area contributed by atoms with E-state index in [2.05, 4.69) is 19.2 Å². The molecule has 5 N–H and O–H groups in total. The van der Waals surface area contributed by atoms with Crippen LogP contribution in [0.25, 0.3) is 0 Å². The molecular weight excluding hydrogens is 502 g/mol. The van der Waals surface area contributed by atoms with E-state index in [0.717, 1.165) is 38.5 Å². The fourth-order valence-electron chi connectivity index (χ4n) is 5.46. The van der Waals surface area contributed by atoms with Gasteiger partial charge in [0.1, 0.15) is 12.2 Å².